The molecule has 1 saturated carbocycles. The molecule has 0 aliphatic heterocycles. The Bertz CT molecular complexity index is 421. The fourth-order valence-corrected chi connectivity index (χ4v) is 3.60. The molecule has 1 aliphatic rings. The number of hydrogen-bond acceptors (Lipinski definition) is 1. The van der Waals surface area contributed by atoms with Crippen LogP contribution in [0.15, 0.2) is 22.7 Å². The first kappa shape index (κ1) is 14.0. The lowest BCUT2D eigenvalue weighted by molar-refractivity contribution is 0.290. The van der Waals surface area contributed by atoms with Gasteiger partial charge < -0.3 is 5.73 Å². The monoisotopic (exact) mass is 313 g/mol. The Kier molecular flexibility index (Phi) is 4.44. The summed E-state index contributed by atoms with van der Waals surface area (Å²) in [6.07, 6.45) is 5.93. The van der Waals surface area contributed by atoms with E-state index < -0.39 is 0 Å². The number of rotatable bonds is 4. The molecular weight excluding hydrogens is 293 g/mol. The molecular formula is C15H21BrFN. The second-order valence-electron chi connectivity index (χ2n) is 5.65. The van der Waals surface area contributed by atoms with E-state index in [4.69, 9.17) is 5.73 Å². The van der Waals surface area contributed by atoms with E-state index in [2.05, 4.69) is 22.9 Å². The molecule has 0 bridgehead atoms. The van der Waals surface area contributed by atoms with Crippen LogP contribution in [-0.2, 0) is 6.42 Å². The van der Waals surface area contributed by atoms with E-state index in [1.807, 2.05) is 12.1 Å². The molecule has 1 aromatic rings. The molecule has 2 atom stereocenters. The fraction of sp³-hybridized carbons (Fsp3) is 0.600. The molecule has 3 heteroatoms. The maximum absolute atomic E-state index is 13.2. The van der Waals surface area contributed by atoms with Crippen LogP contribution >= 0.6 is 15.9 Å². The molecule has 0 heterocycles. The maximum Gasteiger partial charge on any atom is 0.137 e. The van der Waals surface area contributed by atoms with E-state index in [1.165, 1.54) is 37.3 Å². The van der Waals surface area contributed by atoms with Gasteiger partial charge in [-0.15, -0.1) is 0 Å². The van der Waals surface area contributed by atoms with Crippen molar-refractivity contribution in [3.8, 4) is 0 Å². The van der Waals surface area contributed by atoms with Crippen LogP contribution in [0.25, 0.3) is 0 Å². The third-order valence-corrected chi connectivity index (χ3v) is 4.99. The van der Waals surface area contributed by atoms with E-state index in [1.54, 1.807) is 0 Å². The SMILES string of the molecule is CCC1CCC(CN)(Cc2ccc(F)c(Br)c2)C1. The highest BCUT2D eigenvalue weighted by molar-refractivity contribution is 9.10. The third-order valence-electron chi connectivity index (χ3n) is 4.38. The van der Waals surface area contributed by atoms with Crippen molar-refractivity contribution >= 4 is 15.9 Å². The molecule has 1 nitrogen and oxygen atoms in total. The highest BCUT2D eigenvalue weighted by Crippen LogP contribution is 2.44. The minimum Gasteiger partial charge on any atom is -0.330 e. The predicted molar refractivity (Wildman–Crippen MR) is 76.9 cm³/mol. The van der Waals surface area contributed by atoms with Crippen molar-refractivity contribution in [1.82, 2.24) is 0 Å². The molecule has 1 aromatic carbocycles. The Morgan fingerprint density at radius 2 is 2.28 bits per heavy atom. The summed E-state index contributed by atoms with van der Waals surface area (Å²) in [6.45, 7) is 2.99. The molecule has 0 aromatic heterocycles. The van der Waals surface area contributed by atoms with Gasteiger partial charge in [0.05, 0.1) is 4.47 Å². The second kappa shape index (κ2) is 5.70. The van der Waals surface area contributed by atoms with Crippen LogP contribution in [-0.4, -0.2) is 6.54 Å². The lowest BCUT2D eigenvalue weighted by atomic mass is 9.79. The predicted octanol–water partition coefficient (Wildman–Crippen LogP) is 4.29. The van der Waals surface area contributed by atoms with Gasteiger partial charge in [0, 0.05) is 0 Å². The van der Waals surface area contributed by atoms with E-state index >= 15 is 0 Å². The molecule has 0 saturated heterocycles. The van der Waals surface area contributed by atoms with Gasteiger partial charge in [-0.1, -0.05) is 19.4 Å². The Hall–Kier alpha value is -0.410. The number of nitrogens with two attached hydrogens (primary N) is 1. The Labute approximate surface area is 117 Å². The fourth-order valence-electron chi connectivity index (χ4n) is 3.18. The Morgan fingerprint density at radius 3 is 2.83 bits per heavy atom. The third kappa shape index (κ3) is 2.94. The zero-order valence-electron chi connectivity index (χ0n) is 10.9. The number of halogens is 2. The van der Waals surface area contributed by atoms with Crippen molar-refractivity contribution < 1.29 is 4.39 Å². The average molecular weight is 314 g/mol. The summed E-state index contributed by atoms with van der Waals surface area (Å²) in [6, 6.07) is 5.32. The minimum atomic E-state index is -0.196. The summed E-state index contributed by atoms with van der Waals surface area (Å²) in [7, 11) is 0. The van der Waals surface area contributed by atoms with Gasteiger partial charge in [0.2, 0.25) is 0 Å². The van der Waals surface area contributed by atoms with Gasteiger partial charge in [-0.3, -0.25) is 0 Å². The smallest absolute Gasteiger partial charge is 0.137 e. The molecule has 1 aliphatic carbocycles. The summed E-state index contributed by atoms with van der Waals surface area (Å²) >= 11 is 3.25. The maximum atomic E-state index is 13.2. The highest BCUT2D eigenvalue weighted by Gasteiger charge is 2.37. The summed E-state index contributed by atoms with van der Waals surface area (Å²) in [5.74, 6) is 0.621. The Morgan fingerprint density at radius 1 is 1.50 bits per heavy atom. The van der Waals surface area contributed by atoms with E-state index in [0.717, 1.165) is 18.9 Å². The van der Waals surface area contributed by atoms with Gasteiger partial charge in [-0.2, -0.15) is 0 Å². The molecule has 18 heavy (non-hydrogen) atoms. The minimum absolute atomic E-state index is 0.196. The van der Waals surface area contributed by atoms with Crippen molar-refractivity contribution in [2.24, 2.45) is 17.1 Å². The summed E-state index contributed by atoms with van der Waals surface area (Å²) in [4.78, 5) is 0. The van der Waals surface area contributed by atoms with E-state index in [0.29, 0.717) is 4.47 Å². The van der Waals surface area contributed by atoms with Crippen LogP contribution < -0.4 is 5.73 Å². The van der Waals surface area contributed by atoms with Gasteiger partial charge in [-0.05, 0) is 77.2 Å². The number of benzene rings is 1. The first-order valence-electron chi connectivity index (χ1n) is 6.72. The topological polar surface area (TPSA) is 26.0 Å². The quantitative estimate of drug-likeness (QED) is 0.881. The van der Waals surface area contributed by atoms with Crippen molar-refractivity contribution in [2.75, 3.05) is 6.54 Å². The van der Waals surface area contributed by atoms with Gasteiger partial charge in [0.15, 0.2) is 0 Å². The van der Waals surface area contributed by atoms with Crippen molar-refractivity contribution in [3.63, 3.8) is 0 Å². The first-order chi connectivity index (χ1) is 8.58. The van der Waals surface area contributed by atoms with Crippen molar-refractivity contribution in [1.29, 1.82) is 0 Å². The molecule has 2 N–H and O–H groups in total. The van der Waals surface area contributed by atoms with Crippen LogP contribution in [0.4, 0.5) is 4.39 Å². The summed E-state index contributed by atoms with van der Waals surface area (Å²) < 4.78 is 13.8. The van der Waals surface area contributed by atoms with Gasteiger partial charge in [-0.25, -0.2) is 4.39 Å². The zero-order chi connectivity index (χ0) is 13.2. The molecule has 0 radical (unpaired) electrons. The summed E-state index contributed by atoms with van der Waals surface area (Å²) in [5, 5.41) is 0. The van der Waals surface area contributed by atoms with Gasteiger partial charge in [0.25, 0.3) is 0 Å². The molecule has 2 unspecified atom stereocenters. The Balaban J connectivity index is 2.13. The standard InChI is InChI=1S/C15H21BrFN/c1-2-11-5-6-15(8-11,10-18)9-12-3-4-14(17)13(16)7-12/h3-4,7,11H,2,5-6,8-10,18H2,1H3. The van der Waals surface area contributed by atoms with Crippen LogP contribution in [0.3, 0.4) is 0 Å². The van der Waals surface area contributed by atoms with Crippen LogP contribution in [0.2, 0.25) is 0 Å². The van der Waals surface area contributed by atoms with Crippen molar-refractivity contribution in [3.05, 3.63) is 34.1 Å². The molecule has 100 valence electrons. The molecule has 0 spiro atoms. The summed E-state index contributed by atoms with van der Waals surface area (Å²) in [5.41, 5.74) is 7.44. The normalized spacial score (nSPS) is 27.7. The van der Waals surface area contributed by atoms with Crippen LogP contribution in [0.5, 0.6) is 0 Å². The molecule has 0 amide bonds. The van der Waals surface area contributed by atoms with Crippen LogP contribution in [0, 0.1) is 17.2 Å². The lowest BCUT2D eigenvalue weighted by Crippen LogP contribution is -2.30. The van der Waals surface area contributed by atoms with Gasteiger partial charge in [0.1, 0.15) is 5.82 Å². The largest absolute Gasteiger partial charge is 0.330 e. The second-order valence-corrected chi connectivity index (χ2v) is 6.50. The van der Waals surface area contributed by atoms with Crippen LogP contribution in [0.1, 0.15) is 38.2 Å². The van der Waals surface area contributed by atoms with E-state index in [-0.39, 0.29) is 11.2 Å². The lowest BCUT2D eigenvalue weighted by Gasteiger charge is -2.28. The average Bonchev–Trinajstić information content (AvgIpc) is 2.78. The first-order valence-corrected chi connectivity index (χ1v) is 7.52. The highest BCUT2D eigenvalue weighted by atomic mass is 79.9. The van der Waals surface area contributed by atoms with E-state index in [9.17, 15) is 4.39 Å². The molecule has 2 rings (SSSR count). The number of hydrogen-bond donors (Lipinski definition) is 1. The van der Waals surface area contributed by atoms with Crippen molar-refractivity contribution in [2.45, 2.75) is 39.0 Å². The zero-order valence-corrected chi connectivity index (χ0v) is 12.5. The molecule has 1 fully saturated rings. The van der Waals surface area contributed by atoms with Gasteiger partial charge >= 0.3 is 0 Å².